The van der Waals surface area contributed by atoms with Crippen LogP contribution in [0.3, 0.4) is 0 Å². The van der Waals surface area contributed by atoms with Crippen molar-refractivity contribution in [3.05, 3.63) is 12.3 Å². The third-order valence-corrected chi connectivity index (χ3v) is 3.93. The zero-order valence-corrected chi connectivity index (χ0v) is 11.3. The predicted octanol–water partition coefficient (Wildman–Crippen LogP) is 0.683. The van der Waals surface area contributed by atoms with E-state index in [0.29, 0.717) is 5.95 Å². The molecule has 1 saturated carbocycles. The number of hydrogen-bond donors (Lipinski definition) is 2. The molecule has 100 valence electrons. The zero-order chi connectivity index (χ0) is 13.2. The Morgan fingerprint density at radius 1 is 1.39 bits per heavy atom. The molecule has 1 fully saturated rings. The number of nitrogen functional groups attached to an aromatic ring is 1. The number of hydrazine groups is 1. The van der Waals surface area contributed by atoms with Gasteiger partial charge in [0.25, 0.3) is 0 Å². The summed E-state index contributed by atoms with van der Waals surface area (Å²) in [6, 6.07) is 1.91. The summed E-state index contributed by atoms with van der Waals surface area (Å²) in [6.07, 6.45) is 5.53. The molecule has 0 amide bonds. The van der Waals surface area contributed by atoms with Gasteiger partial charge in [-0.3, -0.25) is 5.43 Å². The Morgan fingerprint density at radius 3 is 2.61 bits per heavy atom. The predicted molar refractivity (Wildman–Crippen MR) is 73.4 cm³/mol. The highest BCUT2D eigenvalue weighted by molar-refractivity contribution is 5.42. The summed E-state index contributed by atoms with van der Waals surface area (Å²) in [5.74, 6) is 6.68. The van der Waals surface area contributed by atoms with Crippen molar-refractivity contribution in [2.75, 3.05) is 38.0 Å². The van der Waals surface area contributed by atoms with E-state index in [1.165, 1.54) is 19.3 Å². The topological polar surface area (TPSA) is 70.3 Å². The molecule has 0 saturated heterocycles. The summed E-state index contributed by atoms with van der Waals surface area (Å²) in [5, 5.41) is 0. The monoisotopic (exact) mass is 250 g/mol. The lowest BCUT2D eigenvalue weighted by Crippen LogP contribution is -2.56. The second kappa shape index (κ2) is 5.07. The Balaban J connectivity index is 2.09. The first kappa shape index (κ1) is 13.0. The van der Waals surface area contributed by atoms with Gasteiger partial charge >= 0.3 is 0 Å². The maximum absolute atomic E-state index is 5.33. The maximum atomic E-state index is 5.33. The molecule has 1 aromatic rings. The number of nitrogens with one attached hydrogen (secondary N) is 1. The molecule has 0 bridgehead atoms. The Morgan fingerprint density at radius 2 is 2.11 bits per heavy atom. The molecule has 0 spiro atoms. The first-order valence-corrected chi connectivity index (χ1v) is 6.26. The second-order valence-corrected chi connectivity index (χ2v) is 5.21. The molecular weight excluding hydrogens is 228 g/mol. The summed E-state index contributed by atoms with van der Waals surface area (Å²) >= 11 is 0. The molecule has 6 heteroatoms. The van der Waals surface area contributed by atoms with E-state index in [1.54, 1.807) is 6.20 Å². The van der Waals surface area contributed by atoms with Gasteiger partial charge < -0.3 is 9.80 Å². The standard InChI is InChI=1S/C12H22N6/c1-17(2)12(6-4-7-12)9-18(3)10-5-8-14-11(15-10)16-13/h5,8H,4,6-7,9,13H2,1-3H3,(H,14,15,16). The summed E-state index contributed by atoms with van der Waals surface area (Å²) in [6.45, 7) is 0.973. The molecule has 0 radical (unpaired) electrons. The molecule has 0 aromatic carbocycles. The molecule has 3 N–H and O–H groups in total. The number of rotatable bonds is 5. The molecule has 18 heavy (non-hydrogen) atoms. The van der Waals surface area contributed by atoms with Crippen LogP contribution in [0, 0.1) is 0 Å². The lowest BCUT2D eigenvalue weighted by atomic mass is 9.75. The first-order valence-electron chi connectivity index (χ1n) is 6.26. The molecular formula is C12H22N6. The number of hydrogen-bond acceptors (Lipinski definition) is 6. The van der Waals surface area contributed by atoms with E-state index in [4.69, 9.17) is 5.84 Å². The van der Waals surface area contributed by atoms with Crippen molar-refractivity contribution < 1.29 is 0 Å². The van der Waals surface area contributed by atoms with Crippen molar-refractivity contribution in [3.63, 3.8) is 0 Å². The lowest BCUT2D eigenvalue weighted by Gasteiger charge is -2.49. The van der Waals surface area contributed by atoms with Gasteiger partial charge in [-0.05, 0) is 39.4 Å². The summed E-state index contributed by atoms with van der Waals surface area (Å²) in [7, 11) is 6.37. The van der Waals surface area contributed by atoms with Gasteiger partial charge in [-0.2, -0.15) is 4.98 Å². The highest BCUT2D eigenvalue weighted by Gasteiger charge is 2.40. The van der Waals surface area contributed by atoms with Gasteiger partial charge in [-0.15, -0.1) is 0 Å². The maximum Gasteiger partial charge on any atom is 0.239 e. The average Bonchev–Trinajstić information content (AvgIpc) is 2.33. The van der Waals surface area contributed by atoms with Crippen LogP contribution in [0.25, 0.3) is 0 Å². The molecule has 6 nitrogen and oxygen atoms in total. The fraction of sp³-hybridized carbons (Fsp3) is 0.667. The van der Waals surface area contributed by atoms with Crippen molar-refractivity contribution in [2.24, 2.45) is 5.84 Å². The average molecular weight is 250 g/mol. The molecule has 0 aliphatic heterocycles. The summed E-state index contributed by atoms with van der Waals surface area (Å²) < 4.78 is 0. The molecule has 1 heterocycles. The number of anilines is 2. The van der Waals surface area contributed by atoms with Gasteiger partial charge in [0.05, 0.1) is 0 Å². The Labute approximate surface area is 108 Å². The fourth-order valence-corrected chi connectivity index (χ4v) is 2.49. The van der Waals surface area contributed by atoms with Crippen LogP contribution < -0.4 is 16.2 Å². The largest absolute Gasteiger partial charge is 0.358 e. The van der Waals surface area contributed by atoms with Crippen LogP contribution in [-0.4, -0.2) is 48.1 Å². The molecule has 1 aromatic heterocycles. The van der Waals surface area contributed by atoms with Crippen LogP contribution in [-0.2, 0) is 0 Å². The van der Waals surface area contributed by atoms with Gasteiger partial charge in [0.15, 0.2) is 0 Å². The SMILES string of the molecule is CN(CC1(N(C)C)CCC1)c1ccnc(NN)n1. The Bertz CT molecular complexity index is 401. The van der Waals surface area contributed by atoms with Crippen molar-refractivity contribution in [1.29, 1.82) is 0 Å². The summed E-state index contributed by atoms with van der Waals surface area (Å²) in [5.41, 5.74) is 2.76. The lowest BCUT2D eigenvalue weighted by molar-refractivity contribution is 0.0682. The fourth-order valence-electron chi connectivity index (χ4n) is 2.49. The highest BCUT2D eigenvalue weighted by atomic mass is 15.3. The van der Waals surface area contributed by atoms with Crippen LogP contribution in [0.1, 0.15) is 19.3 Å². The normalized spacial score (nSPS) is 17.4. The van der Waals surface area contributed by atoms with Crippen LogP contribution in [0.5, 0.6) is 0 Å². The molecule has 1 aliphatic rings. The van der Waals surface area contributed by atoms with Gasteiger partial charge in [-0.25, -0.2) is 10.8 Å². The number of likely N-dealkylation sites (N-methyl/N-ethyl adjacent to an activating group) is 2. The van der Waals surface area contributed by atoms with E-state index in [-0.39, 0.29) is 5.54 Å². The minimum absolute atomic E-state index is 0.288. The Hall–Kier alpha value is -1.40. The zero-order valence-electron chi connectivity index (χ0n) is 11.3. The van der Waals surface area contributed by atoms with E-state index in [2.05, 4.69) is 46.3 Å². The van der Waals surface area contributed by atoms with E-state index in [1.807, 2.05) is 6.07 Å². The van der Waals surface area contributed by atoms with E-state index in [0.717, 1.165) is 12.4 Å². The summed E-state index contributed by atoms with van der Waals surface area (Å²) in [4.78, 5) is 12.9. The quantitative estimate of drug-likeness (QED) is 0.591. The van der Waals surface area contributed by atoms with Gasteiger partial charge in [0, 0.05) is 25.3 Å². The van der Waals surface area contributed by atoms with Gasteiger partial charge in [0.2, 0.25) is 5.95 Å². The highest BCUT2D eigenvalue weighted by Crippen LogP contribution is 2.37. The van der Waals surface area contributed by atoms with Crippen LogP contribution >= 0.6 is 0 Å². The minimum atomic E-state index is 0.288. The first-order chi connectivity index (χ1) is 8.57. The smallest absolute Gasteiger partial charge is 0.239 e. The van der Waals surface area contributed by atoms with Crippen molar-refractivity contribution >= 4 is 11.8 Å². The molecule has 2 rings (SSSR count). The van der Waals surface area contributed by atoms with Gasteiger partial charge in [0.1, 0.15) is 5.82 Å². The third-order valence-electron chi connectivity index (χ3n) is 3.93. The number of nitrogens with two attached hydrogens (primary N) is 1. The Kier molecular flexibility index (Phi) is 3.68. The van der Waals surface area contributed by atoms with Crippen molar-refractivity contribution in [3.8, 4) is 0 Å². The third kappa shape index (κ3) is 2.39. The number of nitrogens with zero attached hydrogens (tertiary/aromatic N) is 4. The van der Waals surface area contributed by atoms with Crippen molar-refractivity contribution in [1.82, 2.24) is 14.9 Å². The van der Waals surface area contributed by atoms with Gasteiger partial charge in [-0.1, -0.05) is 0 Å². The van der Waals surface area contributed by atoms with E-state index >= 15 is 0 Å². The van der Waals surface area contributed by atoms with Crippen LogP contribution in [0.15, 0.2) is 12.3 Å². The van der Waals surface area contributed by atoms with E-state index in [9.17, 15) is 0 Å². The minimum Gasteiger partial charge on any atom is -0.358 e. The van der Waals surface area contributed by atoms with Crippen LogP contribution in [0.4, 0.5) is 11.8 Å². The van der Waals surface area contributed by atoms with Crippen LogP contribution in [0.2, 0.25) is 0 Å². The number of aromatic nitrogens is 2. The molecule has 0 unspecified atom stereocenters. The molecule has 1 aliphatic carbocycles. The second-order valence-electron chi connectivity index (χ2n) is 5.21. The molecule has 0 atom stereocenters. The van der Waals surface area contributed by atoms with Crippen molar-refractivity contribution in [2.45, 2.75) is 24.8 Å². The van der Waals surface area contributed by atoms with E-state index < -0.39 is 0 Å².